The van der Waals surface area contributed by atoms with Crippen molar-refractivity contribution in [3.63, 3.8) is 0 Å². The predicted molar refractivity (Wildman–Crippen MR) is 76.9 cm³/mol. The van der Waals surface area contributed by atoms with E-state index in [2.05, 4.69) is 5.32 Å². The highest BCUT2D eigenvalue weighted by atomic mass is 35.5. The molecule has 0 saturated heterocycles. The van der Waals surface area contributed by atoms with E-state index in [1.165, 1.54) is 0 Å². The van der Waals surface area contributed by atoms with Gasteiger partial charge in [-0.25, -0.2) is 0 Å². The molecule has 0 spiro atoms. The van der Waals surface area contributed by atoms with Crippen LogP contribution >= 0.6 is 24.2 Å². The normalized spacial score (nSPS) is 13.4. The second-order valence-corrected chi connectivity index (χ2v) is 4.69. The lowest BCUT2D eigenvalue weighted by atomic mass is 10.0. The van der Waals surface area contributed by atoms with Crippen molar-refractivity contribution in [1.82, 2.24) is 0 Å². The van der Waals surface area contributed by atoms with Crippen LogP contribution in [-0.4, -0.2) is 18.2 Å². The molecule has 2 atom stereocenters. The average molecular weight is 275 g/mol. The summed E-state index contributed by atoms with van der Waals surface area (Å²) in [6.45, 7) is 3.67. The number of nitrogens with one attached hydrogen (secondary N) is 1. The maximum atomic E-state index is 11.8. The van der Waals surface area contributed by atoms with Crippen LogP contribution in [0.2, 0.25) is 0 Å². The first-order valence-corrected chi connectivity index (χ1v) is 6.48. The van der Waals surface area contributed by atoms with Crippen LogP contribution in [-0.2, 0) is 4.79 Å². The molecule has 0 bridgehead atoms. The second kappa shape index (κ2) is 7.58. The van der Waals surface area contributed by atoms with Crippen molar-refractivity contribution in [3.05, 3.63) is 24.3 Å². The van der Waals surface area contributed by atoms with Gasteiger partial charge in [0.2, 0.25) is 5.91 Å². The molecule has 0 fully saturated rings. The van der Waals surface area contributed by atoms with Crippen LogP contribution in [0.15, 0.2) is 29.2 Å². The molecule has 0 aliphatic heterocycles. The van der Waals surface area contributed by atoms with Crippen LogP contribution in [0.3, 0.4) is 0 Å². The SMILES string of the molecule is CSc1ccccc1NC(=O)C(C)C(C)N.Cl. The molecule has 0 radical (unpaired) electrons. The number of rotatable bonds is 4. The summed E-state index contributed by atoms with van der Waals surface area (Å²) in [6.07, 6.45) is 1.99. The van der Waals surface area contributed by atoms with E-state index in [0.717, 1.165) is 10.6 Å². The smallest absolute Gasteiger partial charge is 0.228 e. The Labute approximate surface area is 113 Å². The van der Waals surface area contributed by atoms with E-state index in [-0.39, 0.29) is 30.3 Å². The van der Waals surface area contributed by atoms with E-state index < -0.39 is 0 Å². The average Bonchev–Trinajstić information content (AvgIpc) is 2.28. The van der Waals surface area contributed by atoms with Gasteiger partial charge in [-0.15, -0.1) is 24.2 Å². The highest BCUT2D eigenvalue weighted by Gasteiger charge is 2.17. The van der Waals surface area contributed by atoms with E-state index in [1.54, 1.807) is 11.8 Å². The summed E-state index contributed by atoms with van der Waals surface area (Å²) in [5, 5.41) is 2.90. The minimum Gasteiger partial charge on any atom is -0.327 e. The molecule has 0 aliphatic carbocycles. The Morgan fingerprint density at radius 1 is 1.35 bits per heavy atom. The molecule has 1 aromatic rings. The third-order valence-corrected chi connectivity index (χ3v) is 3.36. The lowest BCUT2D eigenvalue weighted by Crippen LogP contribution is -2.34. The fourth-order valence-corrected chi connectivity index (χ4v) is 1.79. The Morgan fingerprint density at radius 2 is 1.94 bits per heavy atom. The van der Waals surface area contributed by atoms with Gasteiger partial charge in [-0.05, 0) is 25.3 Å². The first kappa shape index (κ1) is 16.3. The number of thioether (sulfide) groups is 1. The largest absolute Gasteiger partial charge is 0.327 e. The molecule has 1 amide bonds. The summed E-state index contributed by atoms with van der Waals surface area (Å²) < 4.78 is 0. The van der Waals surface area contributed by atoms with Gasteiger partial charge in [-0.1, -0.05) is 19.1 Å². The van der Waals surface area contributed by atoms with Crippen molar-refractivity contribution in [3.8, 4) is 0 Å². The fraction of sp³-hybridized carbons (Fsp3) is 0.417. The van der Waals surface area contributed by atoms with Crippen LogP contribution < -0.4 is 11.1 Å². The van der Waals surface area contributed by atoms with E-state index in [1.807, 2.05) is 44.4 Å². The van der Waals surface area contributed by atoms with Crippen molar-refractivity contribution >= 4 is 35.8 Å². The minimum absolute atomic E-state index is 0. The second-order valence-electron chi connectivity index (χ2n) is 3.84. The number of hydrogen-bond donors (Lipinski definition) is 2. The van der Waals surface area contributed by atoms with Gasteiger partial charge in [0.15, 0.2) is 0 Å². The molecule has 1 aromatic carbocycles. The lowest BCUT2D eigenvalue weighted by molar-refractivity contribution is -0.119. The highest BCUT2D eigenvalue weighted by molar-refractivity contribution is 7.98. The topological polar surface area (TPSA) is 55.1 Å². The number of nitrogens with two attached hydrogens (primary N) is 1. The van der Waals surface area contributed by atoms with Gasteiger partial charge in [-0.3, -0.25) is 4.79 Å². The van der Waals surface area contributed by atoms with E-state index >= 15 is 0 Å². The maximum Gasteiger partial charge on any atom is 0.228 e. The highest BCUT2D eigenvalue weighted by Crippen LogP contribution is 2.25. The maximum absolute atomic E-state index is 11.8. The standard InChI is InChI=1S/C12H18N2OS.ClH/c1-8(9(2)13)12(15)14-10-6-4-5-7-11(10)16-3;/h4-9H,13H2,1-3H3,(H,14,15);1H. The summed E-state index contributed by atoms with van der Waals surface area (Å²) in [5.41, 5.74) is 6.55. The molecule has 17 heavy (non-hydrogen) atoms. The number of para-hydroxylation sites is 1. The zero-order valence-corrected chi connectivity index (χ0v) is 11.9. The van der Waals surface area contributed by atoms with E-state index in [4.69, 9.17) is 5.73 Å². The van der Waals surface area contributed by atoms with Crippen LogP contribution in [0.5, 0.6) is 0 Å². The molecule has 3 N–H and O–H groups in total. The van der Waals surface area contributed by atoms with E-state index in [0.29, 0.717) is 0 Å². The third-order valence-electron chi connectivity index (χ3n) is 2.57. The van der Waals surface area contributed by atoms with Crippen LogP contribution in [0.1, 0.15) is 13.8 Å². The van der Waals surface area contributed by atoms with Crippen LogP contribution in [0.4, 0.5) is 5.69 Å². The van der Waals surface area contributed by atoms with Crippen LogP contribution in [0.25, 0.3) is 0 Å². The monoisotopic (exact) mass is 274 g/mol. The summed E-state index contributed by atoms with van der Waals surface area (Å²) in [5.74, 6) is -0.216. The quantitative estimate of drug-likeness (QED) is 0.830. The molecule has 2 unspecified atom stereocenters. The van der Waals surface area contributed by atoms with Gasteiger partial charge >= 0.3 is 0 Å². The van der Waals surface area contributed by atoms with Crippen molar-refractivity contribution in [2.75, 3.05) is 11.6 Å². The fourth-order valence-electron chi connectivity index (χ4n) is 1.23. The molecule has 0 heterocycles. The van der Waals surface area contributed by atoms with Crippen molar-refractivity contribution in [2.24, 2.45) is 11.7 Å². The predicted octanol–water partition coefficient (Wildman–Crippen LogP) is 2.75. The molecule has 96 valence electrons. The van der Waals surface area contributed by atoms with Gasteiger partial charge in [-0.2, -0.15) is 0 Å². The van der Waals surface area contributed by atoms with Gasteiger partial charge in [0.25, 0.3) is 0 Å². The number of hydrogen-bond acceptors (Lipinski definition) is 3. The van der Waals surface area contributed by atoms with Gasteiger partial charge in [0, 0.05) is 10.9 Å². The summed E-state index contributed by atoms with van der Waals surface area (Å²) >= 11 is 1.61. The zero-order chi connectivity index (χ0) is 12.1. The Balaban J connectivity index is 0.00000256. The molecule has 0 saturated carbocycles. The summed E-state index contributed by atoms with van der Waals surface area (Å²) in [7, 11) is 0. The van der Waals surface area contributed by atoms with Gasteiger partial charge in [0.1, 0.15) is 0 Å². The minimum atomic E-state index is -0.185. The third kappa shape index (κ3) is 4.58. The molecule has 0 aliphatic rings. The van der Waals surface area contributed by atoms with Crippen LogP contribution in [0, 0.1) is 5.92 Å². The van der Waals surface area contributed by atoms with Gasteiger partial charge in [0.05, 0.1) is 11.6 Å². The summed E-state index contributed by atoms with van der Waals surface area (Å²) in [4.78, 5) is 12.9. The molecule has 3 nitrogen and oxygen atoms in total. The Morgan fingerprint density at radius 3 is 2.47 bits per heavy atom. The lowest BCUT2D eigenvalue weighted by Gasteiger charge is -2.16. The number of amides is 1. The number of halogens is 1. The number of carbonyl (C=O) groups is 1. The molecule has 5 heteroatoms. The Bertz CT molecular complexity index is 371. The number of carbonyl (C=O) groups excluding carboxylic acids is 1. The summed E-state index contributed by atoms with van der Waals surface area (Å²) in [6, 6.07) is 7.61. The van der Waals surface area contributed by atoms with Crippen molar-refractivity contribution < 1.29 is 4.79 Å². The zero-order valence-electron chi connectivity index (χ0n) is 10.3. The van der Waals surface area contributed by atoms with Crippen molar-refractivity contribution in [2.45, 2.75) is 24.8 Å². The number of benzene rings is 1. The van der Waals surface area contributed by atoms with E-state index in [9.17, 15) is 4.79 Å². The molecule has 0 aromatic heterocycles. The Kier molecular flexibility index (Phi) is 7.27. The van der Waals surface area contributed by atoms with Gasteiger partial charge < -0.3 is 11.1 Å². The molecule has 1 rings (SSSR count). The first-order chi connectivity index (χ1) is 7.56. The molecular weight excluding hydrogens is 256 g/mol. The first-order valence-electron chi connectivity index (χ1n) is 5.25. The molecular formula is C12H19ClN2OS. The van der Waals surface area contributed by atoms with Crippen molar-refractivity contribution in [1.29, 1.82) is 0 Å². The Hall–Kier alpha value is -0.710. The number of anilines is 1.